The Hall–Kier alpha value is -0.330. The van der Waals surface area contributed by atoms with Crippen LogP contribution in [0.1, 0.15) is 38.5 Å². The van der Waals surface area contributed by atoms with Crippen LogP contribution in [0.25, 0.3) is 0 Å². The highest BCUT2D eigenvalue weighted by Crippen LogP contribution is 2.39. The Morgan fingerprint density at radius 3 is 2.30 bits per heavy atom. The van der Waals surface area contributed by atoms with Gasteiger partial charge >= 0.3 is 0 Å². The van der Waals surface area contributed by atoms with E-state index in [-0.39, 0.29) is 0 Å². The Labute approximate surface area is 61.8 Å². The average Bonchev–Trinajstić information content (AvgIpc) is 2.12. The Kier molecular flexibility index (Phi) is 1.51. The molecule has 1 heteroatoms. The van der Waals surface area contributed by atoms with Crippen LogP contribution in [0.4, 0.5) is 0 Å². The molecule has 2 fully saturated rings. The van der Waals surface area contributed by atoms with Crippen molar-refractivity contribution in [3.05, 3.63) is 0 Å². The van der Waals surface area contributed by atoms with Gasteiger partial charge in [0.1, 0.15) is 5.78 Å². The number of Topliss-reactive ketones (excluding diaryl/α,β-unsaturated/α-hetero) is 1. The maximum Gasteiger partial charge on any atom is 0.136 e. The van der Waals surface area contributed by atoms with Crippen LogP contribution in [0, 0.1) is 11.8 Å². The zero-order valence-corrected chi connectivity index (χ0v) is 6.31. The van der Waals surface area contributed by atoms with Crippen molar-refractivity contribution in [2.24, 2.45) is 11.8 Å². The summed E-state index contributed by atoms with van der Waals surface area (Å²) in [6.07, 6.45) is 7.27. The van der Waals surface area contributed by atoms with E-state index in [1.165, 1.54) is 32.1 Å². The summed E-state index contributed by atoms with van der Waals surface area (Å²) in [7, 11) is 0. The molecule has 2 aliphatic carbocycles. The molecular weight excluding hydrogens is 124 g/mol. The molecule has 0 aliphatic heterocycles. The molecule has 56 valence electrons. The molecule has 2 rings (SSSR count). The Morgan fingerprint density at radius 2 is 1.90 bits per heavy atom. The molecule has 0 saturated heterocycles. The summed E-state index contributed by atoms with van der Waals surface area (Å²) in [6, 6.07) is 0. The summed E-state index contributed by atoms with van der Waals surface area (Å²) < 4.78 is 0. The molecule has 0 aromatic carbocycles. The van der Waals surface area contributed by atoms with Gasteiger partial charge in [0.05, 0.1) is 0 Å². The van der Waals surface area contributed by atoms with Gasteiger partial charge in [-0.3, -0.25) is 4.79 Å². The molecule has 0 radical (unpaired) electrons. The average molecular weight is 138 g/mol. The Bertz CT molecular complexity index is 147. The highest BCUT2D eigenvalue weighted by molar-refractivity contribution is 5.83. The predicted octanol–water partition coefficient (Wildman–Crippen LogP) is 2.16. The van der Waals surface area contributed by atoms with E-state index < -0.39 is 0 Å². The van der Waals surface area contributed by atoms with Gasteiger partial charge in [0.2, 0.25) is 0 Å². The van der Waals surface area contributed by atoms with Crippen molar-refractivity contribution in [1.29, 1.82) is 0 Å². The molecule has 2 saturated carbocycles. The third-order valence-electron chi connectivity index (χ3n) is 3.07. The standard InChI is InChI=1S/C9H14O/c10-9-6-2-5-8(9)7-3-1-4-7/h7-8H,1-6H2. The number of hydrogen-bond acceptors (Lipinski definition) is 1. The quantitative estimate of drug-likeness (QED) is 0.542. The van der Waals surface area contributed by atoms with Crippen molar-refractivity contribution in [3.63, 3.8) is 0 Å². The van der Waals surface area contributed by atoms with Gasteiger partial charge in [-0.1, -0.05) is 6.42 Å². The molecule has 0 amide bonds. The van der Waals surface area contributed by atoms with Crippen molar-refractivity contribution in [3.8, 4) is 0 Å². The lowest BCUT2D eigenvalue weighted by molar-refractivity contribution is -0.122. The first-order valence-electron chi connectivity index (χ1n) is 4.40. The summed E-state index contributed by atoms with van der Waals surface area (Å²) in [4.78, 5) is 11.2. The molecule has 2 aliphatic rings. The van der Waals surface area contributed by atoms with E-state index in [0.717, 1.165) is 12.3 Å². The fourth-order valence-corrected chi connectivity index (χ4v) is 2.18. The second-order valence-corrected chi connectivity index (χ2v) is 3.66. The van der Waals surface area contributed by atoms with Gasteiger partial charge in [-0.05, 0) is 31.6 Å². The minimum absolute atomic E-state index is 0.494. The number of carbonyl (C=O) groups excluding carboxylic acids is 1. The van der Waals surface area contributed by atoms with Crippen LogP contribution in [0.15, 0.2) is 0 Å². The smallest absolute Gasteiger partial charge is 0.136 e. The van der Waals surface area contributed by atoms with Gasteiger partial charge in [0.25, 0.3) is 0 Å². The lowest BCUT2D eigenvalue weighted by Gasteiger charge is -2.29. The summed E-state index contributed by atoms with van der Waals surface area (Å²) in [5.74, 6) is 1.86. The van der Waals surface area contributed by atoms with E-state index in [2.05, 4.69) is 0 Å². The highest BCUT2D eigenvalue weighted by Gasteiger charge is 2.34. The molecule has 0 bridgehead atoms. The molecule has 1 unspecified atom stereocenters. The van der Waals surface area contributed by atoms with Gasteiger partial charge in [0, 0.05) is 12.3 Å². The first-order valence-corrected chi connectivity index (χ1v) is 4.40. The van der Waals surface area contributed by atoms with E-state index in [4.69, 9.17) is 0 Å². The normalized spacial score (nSPS) is 34.4. The van der Waals surface area contributed by atoms with E-state index in [1.54, 1.807) is 0 Å². The fraction of sp³-hybridized carbons (Fsp3) is 0.889. The lowest BCUT2D eigenvalue weighted by atomic mass is 9.75. The molecule has 1 nitrogen and oxygen atoms in total. The van der Waals surface area contributed by atoms with Crippen molar-refractivity contribution < 1.29 is 4.79 Å². The first kappa shape index (κ1) is 6.38. The van der Waals surface area contributed by atoms with Crippen molar-refractivity contribution in [2.75, 3.05) is 0 Å². The SMILES string of the molecule is O=C1CCCC1C1CCC1. The summed E-state index contributed by atoms with van der Waals surface area (Å²) >= 11 is 0. The number of ketones is 1. The van der Waals surface area contributed by atoms with Crippen LogP contribution >= 0.6 is 0 Å². The van der Waals surface area contributed by atoms with Crippen LogP contribution in [0.2, 0.25) is 0 Å². The number of rotatable bonds is 1. The van der Waals surface area contributed by atoms with Gasteiger partial charge < -0.3 is 0 Å². The second-order valence-electron chi connectivity index (χ2n) is 3.66. The highest BCUT2D eigenvalue weighted by atomic mass is 16.1. The van der Waals surface area contributed by atoms with Gasteiger partial charge in [-0.25, -0.2) is 0 Å². The minimum atomic E-state index is 0.494. The van der Waals surface area contributed by atoms with Crippen molar-refractivity contribution >= 4 is 5.78 Å². The van der Waals surface area contributed by atoms with E-state index >= 15 is 0 Å². The van der Waals surface area contributed by atoms with Crippen LogP contribution in [0.5, 0.6) is 0 Å². The van der Waals surface area contributed by atoms with Crippen molar-refractivity contribution in [1.82, 2.24) is 0 Å². The monoisotopic (exact) mass is 138 g/mol. The van der Waals surface area contributed by atoms with E-state index in [0.29, 0.717) is 11.7 Å². The fourth-order valence-electron chi connectivity index (χ4n) is 2.18. The summed E-state index contributed by atoms with van der Waals surface area (Å²) in [6.45, 7) is 0. The first-order chi connectivity index (χ1) is 4.88. The lowest BCUT2D eigenvalue weighted by Crippen LogP contribution is -2.24. The molecule has 0 heterocycles. The predicted molar refractivity (Wildman–Crippen MR) is 39.7 cm³/mol. The Morgan fingerprint density at radius 1 is 1.10 bits per heavy atom. The minimum Gasteiger partial charge on any atom is -0.299 e. The van der Waals surface area contributed by atoms with Crippen LogP contribution < -0.4 is 0 Å². The largest absolute Gasteiger partial charge is 0.299 e. The number of carbonyl (C=O) groups is 1. The number of hydrogen-bond donors (Lipinski definition) is 0. The molecule has 1 atom stereocenters. The van der Waals surface area contributed by atoms with Gasteiger partial charge in [-0.2, -0.15) is 0 Å². The summed E-state index contributed by atoms with van der Waals surface area (Å²) in [5, 5.41) is 0. The molecule has 0 aromatic rings. The molecule has 0 N–H and O–H groups in total. The molecule has 0 aromatic heterocycles. The third kappa shape index (κ3) is 0.882. The van der Waals surface area contributed by atoms with E-state index in [9.17, 15) is 4.79 Å². The zero-order chi connectivity index (χ0) is 6.97. The molecule has 10 heavy (non-hydrogen) atoms. The topological polar surface area (TPSA) is 17.1 Å². The summed E-state index contributed by atoms with van der Waals surface area (Å²) in [5.41, 5.74) is 0. The maximum absolute atomic E-state index is 11.2. The van der Waals surface area contributed by atoms with Crippen LogP contribution in [-0.4, -0.2) is 5.78 Å². The zero-order valence-electron chi connectivity index (χ0n) is 6.31. The van der Waals surface area contributed by atoms with Crippen molar-refractivity contribution in [2.45, 2.75) is 38.5 Å². The van der Waals surface area contributed by atoms with Gasteiger partial charge in [0.15, 0.2) is 0 Å². The van der Waals surface area contributed by atoms with E-state index in [1.807, 2.05) is 0 Å². The van der Waals surface area contributed by atoms with Gasteiger partial charge in [-0.15, -0.1) is 0 Å². The third-order valence-corrected chi connectivity index (χ3v) is 3.07. The second kappa shape index (κ2) is 2.37. The molecular formula is C9H14O. The van der Waals surface area contributed by atoms with Crippen LogP contribution in [-0.2, 0) is 4.79 Å². The molecule has 0 spiro atoms. The Balaban J connectivity index is 1.96. The van der Waals surface area contributed by atoms with Crippen LogP contribution in [0.3, 0.4) is 0 Å². The maximum atomic E-state index is 11.2.